The average molecular weight is 709 g/mol. The summed E-state index contributed by atoms with van der Waals surface area (Å²) in [4.78, 5) is 38.8. The quantitative estimate of drug-likeness (QED) is 0.0511. The molecule has 1 N–H and O–H groups in total. The zero-order chi connectivity index (χ0) is 37.1. The molecule has 0 spiro atoms. The van der Waals surface area contributed by atoms with Gasteiger partial charge in [-0.15, -0.1) is 0 Å². The summed E-state index contributed by atoms with van der Waals surface area (Å²) in [6.07, 6.45) is 29.9. The van der Waals surface area contributed by atoms with Gasteiger partial charge >= 0.3 is 11.9 Å². The number of hydrogen-bond donors (Lipinski definition) is 1. The first kappa shape index (κ1) is 48.4. The number of ether oxygens (including phenoxy) is 2. The molecule has 0 aromatic heterocycles. The zero-order valence-corrected chi connectivity index (χ0v) is 34.2. The molecule has 0 rings (SSSR count). The van der Waals surface area contributed by atoms with Gasteiger partial charge < -0.3 is 19.7 Å². The van der Waals surface area contributed by atoms with Crippen LogP contribution in [0.2, 0.25) is 0 Å². The van der Waals surface area contributed by atoms with E-state index in [1.807, 2.05) is 0 Å². The highest BCUT2D eigenvalue weighted by Gasteiger charge is 2.22. The molecule has 0 aromatic rings. The van der Waals surface area contributed by atoms with Crippen LogP contribution in [0.25, 0.3) is 0 Å². The van der Waals surface area contributed by atoms with Crippen molar-refractivity contribution in [3.05, 3.63) is 0 Å². The second kappa shape index (κ2) is 34.5. The van der Waals surface area contributed by atoms with E-state index in [9.17, 15) is 14.4 Å². The maximum atomic E-state index is 12.6. The van der Waals surface area contributed by atoms with E-state index >= 15 is 0 Å². The van der Waals surface area contributed by atoms with Crippen LogP contribution in [0.15, 0.2) is 0 Å². The topological polar surface area (TPSA) is 84.9 Å². The molecule has 1 atom stereocenters. The second-order valence-electron chi connectivity index (χ2n) is 15.8. The van der Waals surface area contributed by atoms with E-state index in [4.69, 9.17) is 9.47 Å². The second-order valence-corrected chi connectivity index (χ2v) is 15.8. The molecule has 0 fully saturated rings. The summed E-state index contributed by atoms with van der Waals surface area (Å²) >= 11 is 0. The molecule has 1 unspecified atom stereocenters. The maximum Gasteiger partial charge on any atom is 0.306 e. The predicted octanol–water partition coefficient (Wildman–Crippen LogP) is 11.5. The lowest BCUT2D eigenvalue weighted by Crippen LogP contribution is -2.42. The molecule has 7 nitrogen and oxygen atoms in total. The Balaban J connectivity index is 4.36. The number of amides is 1. The third-order valence-corrected chi connectivity index (χ3v) is 9.75. The van der Waals surface area contributed by atoms with Crippen molar-refractivity contribution < 1.29 is 23.9 Å². The minimum absolute atomic E-state index is 0.00185. The van der Waals surface area contributed by atoms with Crippen molar-refractivity contribution in [3.63, 3.8) is 0 Å². The van der Waals surface area contributed by atoms with Crippen LogP contribution in [-0.4, -0.2) is 61.6 Å². The third kappa shape index (κ3) is 33.5. The lowest BCUT2D eigenvalue weighted by Gasteiger charge is -2.33. The Bertz CT molecular complexity index is 802. The number of nitrogens with one attached hydrogen (secondary N) is 1. The Morgan fingerprint density at radius 1 is 0.580 bits per heavy atom. The highest BCUT2D eigenvalue weighted by Crippen LogP contribution is 2.19. The molecule has 7 heteroatoms. The van der Waals surface area contributed by atoms with Gasteiger partial charge in [-0.2, -0.15) is 0 Å². The first-order chi connectivity index (χ1) is 24.1. The van der Waals surface area contributed by atoms with Crippen LogP contribution in [0.1, 0.15) is 215 Å². The number of esters is 2. The van der Waals surface area contributed by atoms with Gasteiger partial charge in [-0.05, 0) is 76.3 Å². The molecule has 0 heterocycles. The molecule has 0 radical (unpaired) electrons. The highest BCUT2D eigenvalue weighted by atomic mass is 16.5. The summed E-state index contributed by atoms with van der Waals surface area (Å²) in [5, 5.41) is 3.01. The van der Waals surface area contributed by atoms with Crippen LogP contribution in [0.5, 0.6) is 0 Å². The van der Waals surface area contributed by atoms with E-state index in [0.717, 1.165) is 110 Å². The van der Waals surface area contributed by atoms with Crippen LogP contribution in [0.4, 0.5) is 0 Å². The fourth-order valence-electron chi connectivity index (χ4n) is 6.63. The van der Waals surface area contributed by atoms with E-state index in [0.29, 0.717) is 26.0 Å². The summed E-state index contributed by atoms with van der Waals surface area (Å²) in [6.45, 7) is 17.1. The maximum absolute atomic E-state index is 12.6. The van der Waals surface area contributed by atoms with Crippen LogP contribution in [0.3, 0.4) is 0 Å². The van der Waals surface area contributed by atoms with Gasteiger partial charge in [0.1, 0.15) is 6.10 Å². The van der Waals surface area contributed by atoms with Crippen molar-refractivity contribution in [2.45, 2.75) is 221 Å². The molecule has 0 aliphatic carbocycles. The van der Waals surface area contributed by atoms with Gasteiger partial charge in [-0.25, -0.2) is 0 Å². The molecule has 0 aliphatic rings. The minimum Gasteiger partial charge on any atom is -0.466 e. The summed E-state index contributed by atoms with van der Waals surface area (Å²) in [5.41, 5.74) is 0.00625. The first-order valence-electron chi connectivity index (χ1n) is 21.4. The number of rotatable bonds is 37. The lowest BCUT2D eigenvalue weighted by atomic mass is 9.92. The Hall–Kier alpha value is -1.63. The van der Waals surface area contributed by atoms with Gasteiger partial charge in [0, 0.05) is 32.9 Å². The number of unbranched alkanes of at least 4 members (excludes halogenated alkanes) is 18. The van der Waals surface area contributed by atoms with Crippen molar-refractivity contribution in [3.8, 4) is 0 Å². The van der Waals surface area contributed by atoms with Crippen LogP contribution >= 0.6 is 0 Å². The van der Waals surface area contributed by atoms with Crippen LogP contribution in [0, 0.1) is 5.41 Å². The fourth-order valence-corrected chi connectivity index (χ4v) is 6.63. The average Bonchev–Trinajstić information content (AvgIpc) is 3.07. The molecular weight excluding hydrogens is 624 g/mol. The summed E-state index contributed by atoms with van der Waals surface area (Å²) in [7, 11) is 0. The van der Waals surface area contributed by atoms with Gasteiger partial charge in [0.2, 0.25) is 5.91 Å². The van der Waals surface area contributed by atoms with Gasteiger partial charge in [0.05, 0.1) is 6.61 Å². The smallest absolute Gasteiger partial charge is 0.306 e. The zero-order valence-electron chi connectivity index (χ0n) is 34.2. The Morgan fingerprint density at radius 2 is 1.02 bits per heavy atom. The molecule has 0 bridgehead atoms. The van der Waals surface area contributed by atoms with E-state index in [2.05, 4.69) is 44.8 Å². The van der Waals surface area contributed by atoms with Crippen molar-refractivity contribution in [2.24, 2.45) is 5.41 Å². The standard InChI is InChI=1S/C43H84N2O5/c1-7-10-13-15-22-29-36-49-41(47)32-25-18-16-20-27-34-45(38-43(5,6)37-44-39(4)46)35-28-21-17-19-26-33-42(48)50-40(30-23-12-9-3)31-24-14-11-8-2/h40H,7-38H2,1-6H3,(H,44,46). The van der Waals surface area contributed by atoms with E-state index in [-0.39, 0.29) is 29.4 Å². The van der Waals surface area contributed by atoms with Gasteiger partial charge in [-0.1, -0.05) is 137 Å². The predicted molar refractivity (Wildman–Crippen MR) is 211 cm³/mol. The van der Waals surface area contributed by atoms with E-state index in [1.54, 1.807) is 6.92 Å². The van der Waals surface area contributed by atoms with E-state index < -0.39 is 0 Å². The normalized spacial score (nSPS) is 12.3. The molecule has 50 heavy (non-hydrogen) atoms. The van der Waals surface area contributed by atoms with Crippen molar-refractivity contribution in [1.82, 2.24) is 10.2 Å². The first-order valence-corrected chi connectivity index (χ1v) is 21.4. The molecule has 0 saturated carbocycles. The Kier molecular flexibility index (Phi) is 33.3. The molecule has 0 aliphatic heterocycles. The van der Waals surface area contributed by atoms with Gasteiger partial charge in [0.25, 0.3) is 0 Å². The molecule has 0 aromatic carbocycles. The van der Waals surface area contributed by atoms with Gasteiger partial charge in [-0.3, -0.25) is 14.4 Å². The summed E-state index contributed by atoms with van der Waals surface area (Å²) in [5.74, 6) is -0.0116. The molecule has 1 amide bonds. The number of carbonyl (C=O) groups excluding carboxylic acids is 3. The monoisotopic (exact) mass is 709 g/mol. The van der Waals surface area contributed by atoms with E-state index in [1.165, 1.54) is 70.6 Å². The molecule has 296 valence electrons. The lowest BCUT2D eigenvalue weighted by molar-refractivity contribution is -0.150. The van der Waals surface area contributed by atoms with Crippen molar-refractivity contribution in [1.29, 1.82) is 0 Å². The number of nitrogens with zero attached hydrogens (tertiary/aromatic N) is 1. The Labute approximate surface area is 310 Å². The van der Waals surface area contributed by atoms with Gasteiger partial charge in [0.15, 0.2) is 0 Å². The molecular formula is C43H84N2O5. The summed E-state index contributed by atoms with van der Waals surface area (Å²) in [6, 6.07) is 0. The van der Waals surface area contributed by atoms with Crippen LogP contribution in [-0.2, 0) is 23.9 Å². The van der Waals surface area contributed by atoms with Crippen molar-refractivity contribution in [2.75, 3.05) is 32.8 Å². The molecule has 0 saturated heterocycles. The number of carbonyl (C=O) groups is 3. The van der Waals surface area contributed by atoms with Crippen LogP contribution < -0.4 is 5.32 Å². The minimum atomic E-state index is -0.0364. The SMILES string of the molecule is CCCCCCCCOC(=O)CCCCCCCN(CCCCCCCC(=O)OC(CCCCC)CCCCCC)CC(C)(C)CNC(C)=O. The summed E-state index contributed by atoms with van der Waals surface area (Å²) < 4.78 is 11.4. The fraction of sp³-hybridized carbons (Fsp3) is 0.930. The highest BCUT2D eigenvalue weighted by molar-refractivity contribution is 5.72. The Morgan fingerprint density at radius 3 is 1.58 bits per heavy atom. The largest absolute Gasteiger partial charge is 0.466 e. The number of hydrogen-bond acceptors (Lipinski definition) is 6. The van der Waals surface area contributed by atoms with Crippen molar-refractivity contribution >= 4 is 17.8 Å². The third-order valence-electron chi connectivity index (χ3n) is 9.75.